The number of thioether (sulfide) groups is 4. The number of hydrogen-bond acceptors (Lipinski definition) is 10. The first-order valence-electron chi connectivity index (χ1n) is 27.5. The van der Waals surface area contributed by atoms with Gasteiger partial charge in [0.25, 0.3) is 0 Å². The molecule has 0 fully saturated rings. The highest BCUT2D eigenvalue weighted by molar-refractivity contribution is 8.00. The average molecular weight is 1090 g/mol. The van der Waals surface area contributed by atoms with Gasteiger partial charge >= 0.3 is 0 Å². The largest absolute Gasteiger partial charge is 0.300 e. The molecular weight excluding hydrogens is 985 g/mol. The maximum absolute atomic E-state index is 11.1. The van der Waals surface area contributed by atoms with Crippen molar-refractivity contribution < 1.29 is 24.0 Å². The summed E-state index contributed by atoms with van der Waals surface area (Å²) in [6, 6.07) is 28.2. The highest BCUT2D eigenvalue weighted by Crippen LogP contribution is 2.27. The van der Waals surface area contributed by atoms with E-state index in [-0.39, 0.29) is 11.6 Å². The van der Waals surface area contributed by atoms with Crippen LogP contribution in [-0.2, 0) is 24.9 Å². The molecule has 3 rings (SSSR count). The summed E-state index contributed by atoms with van der Waals surface area (Å²) in [7, 11) is 0. The van der Waals surface area contributed by atoms with E-state index in [1.807, 2.05) is 108 Å². The normalized spacial score (nSPS) is 10.3. The third kappa shape index (κ3) is 57.0. The zero-order valence-corrected chi connectivity index (χ0v) is 50.7. The van der Waals surface area contributed by atoms with Crippen molar-refractivity contribution in [1.82, 2.24) is 0 Å². The number of hydrogen-bond donors (Lipinski definition) is 0. The number of Topliss-reactive ketones (excluding diaryl/α,β-unsaturated/α-hetero) is 5. The molecule has 5 nitrogen and oxygen atoms in total. The summed E-state index contributed by atoms with van der Waals surface area (Å²) in [5, 5.41) is 0. The predicted molar refractivity (Wildman–Crippen MR) is 328 cm³/mol. The second-order valence-electron chi connectivity index (χ2n) is 18.3. The lowest BCUT2D eigenvalue weighted by atomic mass is 10.1. The van der Waals surface area contributed by atoms with Crippen molar-refractivity contribution in [2.75, 3.05) is 40.3 Å². The second-order valence-corrected chi connectivity index (χ2v) is 24.3. The van der Waals surface area contributed by atoms with Crippen LogP contribution in [0, 0.1) is 0 Å². The molecule has 0 amide bonds. The van der Waals surface area contributed by atoms with Crippen LogP contribution in [0.5, 0.6) is 0 Å². The molecule has 3 aromatic carbocycles. The van der Waals surface area contributed by atoms with Crippen LogP contribution in [0.2, 0.25) is 0 Å². The Morgan fingerprint density at radius 3 is 1.00 bits per heavy atom. The van der Waals surface area contributed by atoms with Crippen LogP contribution in [0.25, 0.3) is 0 Å². The van der Waals surface area contributed by atoms with Crippen LogP contribution in [0.3, 0.4) is 0 Å². The fourth-order valence-electron chi connectivity index (χ4n) is 6.45. The topological polar surface area (TPSA) is 85.3 Å². The zero-order chi connectivity index (χ0) is 53.6. The molecule has 0 radical (unpaired) electrons. The molecular formula is C62H100O5S5. The lowest BCUT2D eigenvalue weighted by molar-refractivity contribution is -0.117. The van der Waals surface area contributed by atoms with Crippen molar-refractivity contribution in [2.24, 2.45) is 0 Å². The standard InChI is InChI=1S/C15H30OS.C14H12OS.C13H26OS.C11H14OS.C9H18OS/c1-3-4-5-6-7-8-9-10-11-13-17-14-12-15(2)16;1-11(15)12-7-9-14(10-8-12)16-13-5-3-2-4-6-13;1-3-4-5-6-7-8-9-11-15-12-10-13(2)14;1-10(12)7-8-13-9-11-5-3-2-4-6-11;1-3-4-5-7-11-8-6-9(2)10/h3-14H2,1-2H3;2-10H,1H3;3-12H2,1-2H3;2-6H,7-9H2,1H3;3-8H2,1-2H3. The Bertz CT molecular complexity index is 1690. The lowest BCUT2D eigenvalue weighted by Crippen LogP contribution is -1.92. The van der Waals surface area contributed by atoms with Crippen molar-refractivity contribution in [3.05, 3.63) is 96.1 Å². The summed E-state index contributed by atoms with van der Waals surface area (Å²) in [5.41, 5.74) is 2.09. The van der Waals surface area contributed by atoms with E-state index in [0.717, 1.165) is 58.5 Å². The first-order valence-corrected chi connectivity index (χ1v) is 33.0. The fraction of sp³-hybridized carbons (Fsp3) is 0.629. The van der Waals surface area contributed by atoms with Gasteiger partial charge in [-0.05, 0) is 101 Å². The Labute approximate surface area is 463 Å². The van der Waals surface area contributed by atoms with Crippen molar-refractivity contribution in [3.63, 3.8) is 0 Å². The molecule has 3 aromatic rings. The maximum atomic E-state index is 11.1. The van der Waals surface area contributed by atoms with E-state index in [0.29, 0.717) is 23.8 Å². The van der Waals surface area contributed by atoms with Gasteiger partial charge in [-0.1, -0.05) is 196 Å². The fourth-order valence-corrected chi connectivity index (χ4v) is 11.4. The van der Waals surface area contributed by atoms with Crippen LogP contribution < -0.4 is 0 Å². The van der Waals surface area contributed by atoms with Gasteiger partial charge in [-0.15, -0.1) is 0 Å². The smallest absolute Gasteiger partial charge is 0.159 e. The summed E-state index contributed by atoms with van der Waals surface area (Å²) in [5.74, 6) is 10.0. The van der Waals surface area contributed by atoms with Crippen molar-refractivity contribution in [1.29, 1.82) is 0 Å². The number of unbranched alkanes of at least 4 members (excludes halogenated alkanes) is 16. The molecule has 0 spiro atoms. The highest BCUT2D eigenvalue weighted by Gasteiger charge is 2.01. The van der Waals surface area contributed by atoms with E-state index >= 15 is 0 Å². The van der Waals surface area contributed by atoms with Crippen LogP contribution in [0.4, 0.5) is 0 Å². The monoisotopic (exact) mass is 1080 g/mol. The molecule has 0 aliphatic carbocycles. The van der Waals surface area contributed by atoms with E-state index in [4.69, 9.17) is 0 Å². The Balaban J connectivity index is 0. The first-order chi connectivity index (χ1) is 34.9. The molecule has 0 saturated heterocycles. The minimum atomic E-state index is 0.108. The third-order valence-electron chi connectivity index (χ3n) is 10.9. The molecule has 0 aliphatic rings. The molecule has 0 aliphatic heterocycles. The molecule has 0 aromatic heterocycles. The first kappa shape index (κ1) is 71.8. The van der Waals surface area contributed by atoms with E-state index < -0.39 is 0 Å². The summed E-state index contributed by atoms with van der Waals surface area (Å²) in [6.07, 6.45) is 29.1. The SMILES string of the molecule is CC(=O)CCSCc1ccccc1.CC(=O)c1ccc(Sc2ccccc2)cc1.CCCCCCCCCCCSCCC(C)=O.CCCCCCCCCSCCC(C)=O.CCCCCSCCC(C)=O. The molecule has 408 valence electrons. The minimum absolute atomic E-state index is 0.108. The number of ketones is 5. The van der Waals surface area contributed by atoms with Crippen LogP contribution >= 0.6 is 58.8 Å². The number of carbonyl (C=O) groups excluding carboxylic acids is 5. The van der Waals surface area contributed by atoms with E-state index in [1.54, 1.807) is 46.4 Å². The third-order valence-corrected chi connectivity index (χ3v) is 16.2. The van der Waals surface area contributed by atoms with Crippen molar-refractivity contribution in [3.8, 4) is 0 Å². The summed E-state index contributed by atoms with van der Waals surface area (Å²) in [4.78, 5) is 56.0. The van der Waals surface area contributed by atoms with Gasteiger partial charge in [0.15, 0.2) is 5.78 Å². The molecule has 0 heterocycles. The van der Waals surface area contributed by atoms with E-state index in [1.165, 1.54) is 150 Å². The molecule has 0 bridgehead atoms. The van der Waals surface area contributed by atoms with Gasteiger partial charge in [-0.3, -0.25) is 24.0 Å². The number of carbonyl (C=O) groups is 5. The van der Waals surface area contributed by atoms with Gasteiger partial charge in [0.2, 0.25) is 0 Å². The van der Waals surface area contributed by atoms with Crippen molar-refractivity contribution >= 4 is 87.7 Å². The van der Waals surface area contributed by atoms with Crippen LogP contribution in [-0.4, -0.2) is 69.2 Å². The van der Waals surface area contributed by atoms with Gasteiger partial charge in [-0.25, -0.2) is 0 Å². The summed E-state index contributed by atoms with van der Waals surface area (Å²) < 4.78 is 0. The van der Waals surface area contributed by atoms with Crippen LogP contribution in [0.1, 0.15) is 219 Å². The molecule has 0 unspecified atom stereocenters. The minimum Gasteiger partial charge on any atom is -0.300 e. The predicted octanol–water partition coefficient (Wildman–Crippen LogP) is 19.5. The summed E-state index contributed by atoms with van der Waals surface area (Å²) >= 11 is 9.28. The van der Waals surface area contributed by atoms with E-state index in [9.17, 15) is 24.0 Å². The molecule has 10 heteroatoms. The van der Waals surface area contributed by atoms with Gasteiger partial charge < -0.3 is 0 Å². The lowest BCUT2D eigenvalue weighted by Gasteiger charge is -2.02. The zero-order valence-electron chi connectivity index (χ0n) is 46.6. The Morgan fingerprint density at radius 1 is 0.333 bits per heavy atom. The average Bonchev–Trinajstić information content (AvgIpc) is 3.36. The Hall–Kier alpha value is -2.24. The highest BCUT2D eigenvalue weighted by atomic mass is 32.2. The van der Waals surface area contributed by atoms with Crippen LogP contribution in [0.15, 0.2) is 94.7 Å². The van der Waals surface area contributed by atoms with Gasteiger partial charge in [0.1, 0.15) is 23.1 Å². The quantitative estimate of drug-likeness (QED) is 0.0407. The summed E-state index contributed by atoms with van der Waals surface area (Å²) in [6.45, 7) is 15.0. The molecule has 0 saturated carbocycles. The Morgan fingerprint density at radius 2 is 0.639 bits per heavy atom. The molecule has 0 atom stereocenters. The maximum Gasteiger partial charge on any atom is 0.159 e. The number of rotatable bonds is 39. The van der Waals surface area contributed by atoms with Gasteiger partial charge in [0.05, 0.1) is 0 Å². The van der Waals surface area contributed by atoms with Gasteiger partial charge in [0, 0.05) is 69.8 Å². The second kappa shape index (κ2) is 56.5. The van der Waals surface area contributed by atoms with Crippen molar-refractivity contribution in [2.45, 2.75) is 219 Å². The molecule has 72 heavy (non-hydrogen) atoms. The number of benzene rings is 3. The Kier molecular flexibility index (Phi) is 56.4. The molecule has 0 N–H and O–H groups in total. The van der Waals surface area contributed by atoms with E-state index in [2.05, 4.69) is 45.0 Å². The van der Waals surface area contributed by atoms with Gasteiger partial charge in [-0.2, -0.15) is 47.0 Å².